The number of nitrogens with one attached hydrogen (secondary N) is 4. The Morgan fingerprint density at radius 2 is 1.79 bits per heavy atom. The molecule has 1 fully saturated rings. The normalized spacial score (nSPS) is 19.1. The summed E-state index contributed by atoms with van der Waals surface area (Å²) in [6.45, 7) is 4.13. The smallest absolute Gasteiger partial charge is 0.243 e. The van der Waals surface area contributed by atoms with Crippen molar-refractivity contribution in [2.75, 3.05) is 0 Å². The first-order valence-electron chi connectivity index (χ1n) is 9.81. The van der Waals surface area contributed by atoms with E-state index < -0.39 is 12.1 Å². The van der Waals surface area contributed by atoms with Crippen LogP contribution in [0.5, 0.6) is 0 Å². The fourth-order valence-electron chi connectivity index (χ4n) is 3.75. The van der Waals surface area contributed by atoms with Crippen LogP contribution >= 0.6 is 0 Å². The van der Waals surface area contributed by atoms with Gasteiger partial charge in [-0.15, -0.1) is 0 Å². The lowest BCUT2D eigenvalue weighted by molar-refractivity contribution is -0.136. The van der Waals surface area contributed by atoms with Gasteiger partial charge in [-0.1, -0.05) is 29.8 Å². The molecule has 150 valence electrons. The third-order valence-electron chi connectivity index (χ3n) is 5.27. The number of aromatic amines is 2. The second kappa shape index (κ2) is 7.95. The SMILES string of the molecule is CC(C)=CCc1[nH]c2ccccc2c1C[C@@H]1NC(=O)[C@H](Cc2cnc[nH]2)NC1=O. The van der Waals surface area contributed by atoms with Gasteiger partial charge in [0.1, 0.15) is 12.1 Å². The highest BCUT2D eigenvalue weighted by Gasteiger charge is 2.34. The summed E-state index contributed by atoms with van der Waals surface area (Å²) in [7, 11) is 0. The lowest BCUT2D eigenvalue weighted by Crippen LogP contribution is -2.62. The zero-order valence-corrected chi connectivity index (χ0v) is 16.6. The number of hydrogen-bond acceptors (Lipinski definition) is 3. The molecule has 3 aromatic rings. The average molecular weight is 391 g/mol. The number of allylic oxidation sites excluding steroid dienone is 2. The van der Waals surface area contributed by atoms with Gasteiger partial charge < -0.3 is 20.6 Å². The summed E-state index contributed by atoms with van der Waals surface area (Å²) >= 11 is 0. The standard InChI is InChI=1S/C22H25N5O2/c1-13(2)7-8-18-16(15-5-3-4-6-17(15)25-18)10-20-22(29)26-19(21(28)27-20)9-14-11-23-12-24-14/h3-7,11-12,19-20,25H,8-10H2,1-2H3,(H,23,24)(H,26,29)(H,27,28)/t19-,20-/m0/s1. The highest BCUT2D eigenvalue weighted by Crippen LogP contribution is 2.25. The number of H-pyrrole nitrogens is 2. The van der Waals surface area contributed by atoms with E-state index in [4.69, 9.17) is 0 Å². The first-order chi connectivity index (χ1) is 14.0. The van der Waals surface area contributed by atoms with Gasteiger partial charge in [-0.3, -0.25) is 9.59 Å². The van der Waals surface area contributed by atoms with Gasteiger partial charge in [-0.05, 0) is 25.5 Å². The minimum absolute atomic E-state index is 0.160. The van der Waals surface area contributed by atoms with E-state index in [2.05, 4.69) is 51.6 Å². The maximum atomic E-state index is 12.7. The number of rotatable bonds is 6. The van der Waals surface area contributed by atoms with Crippen molar-refractivity contribution in [1.82, 2.24) is 25.6 Å². The molecule has 0 aliphatic carbocycles. The number of aromatic nitrogens is 3. The number of para-hydroxylation sites is 1. The molecule has 0 spiro atoms. The van der Waals surface area contributed by atoms with E-state index in [9.17, 15) is 9.59 Å². The van der Waals surface area contributed by atoms with E-state index in [0.717, 1.165) is 34.3 Å². The minimum Gasteiger partial charge on any atom is -0.358 e. The Bertz CT molecular complexity index is 1060. The molecule has 1 aliphatic rings. The number of nitrogens with zero attached hydrogens (tertiary/aromatic N) is 1. The summed E-state index contributed by atoms with van der Waals surface area (Å²) in [4.78, 5) is 35.7. The van der Waals surface area contributed by atoms with Crippen LogP contribution < -0.4 is 10.6 Å². The van der Waals surface area contributed by atoms with Crippen molar-refractivity contribution in [3.63, 3.8) is 0 Å². The highest BCUT2D eigenvalue weighted by molar-refractivity contribution is 5.97. The topological polar surface area (TPSA) is 103 Å². The van der Waals surface area contributed by atoms with Crippen molar-refractivity contribution in [3.05, 3.63) is 65.4 Å². The number of hydrogen-bond donors (Lipinski definition) is 4. The highest BCUT2D eigenvalue weighted by atomic mass is 16.2. The molecule has 7 heteroatoms. The van der Waals surface area contributed by atoms with Crippen LogP contribution in [0.15, 0.2) is 48.4 Å². The average Bonchev–Trinajstić information content (AvgIpc) is 3.32. The monoisotopic (exact) mass is 391 g/mol. The van der Waals surface area contributed by atoms with Gasteiger partial charge in [0.05, 0.1) is 6.33 Å². The minimum atomic E-state index is -0.592. The van der Waals surface area contributed by atoms with Crippen LogP contribution in [0.1, 0.15) is 30.8 Å². The largest absolute Gasteiger partial charge is 0.358 e. The van der Waals surface area contributed by atoms with E-state index in [0.29, 0.717) is 12.8 Å². The maximum Gasteiger partial charge on any atom is 0.243 e. The molecule has 1 saturated heterocycles. The second-order valence-corrected chi connectivity index (χ2v) is 7.72. The van der Waals surface area contributed by atoms with Crippen LogP contribution in [0.3, 0.4) is 0 Å². The molecule has 1 aromatic carbocycles. The molecule has 4 N–H and O–H groups in total. The van der Waals surface area contributed by atoms with E-state index >= 15 is 0 Å². The zero-order valence-electron chi connectivity index (χ0n) is 16.6. The number of carbonyl (C=O) groups excluding carboxylic acids is 2. The Balaban J connectivity index is 1.55. The molecule has 2 amide bonds. The van der Waals surface area contributed by atoms with Crippen molar-refractivity contribution in [2.24, 2.45) is 0 Å². The van der Waals surface area contributed by atoms with Gasteiger partial charge in [0.15, 0.2) is 0 Å². The fraction of sp³-hybridized carbons (Fsp3) is 0.318. The molecule has 4 rings (SSSR count). The molecule has 0 bridgehead atoms. The zero-order chi connectivity index (χ0) is 20.4. The Hall–Kier alpha value is -3.35. The van der Waals surface area contributed by atoms with Crippen LogP contribution in [-0.4, -0.2) is 38.8 Å². The Morgan fingerprint density at radius 3 is 2.48 bits per heavy atom. The van der Waals surface area contributed by atoms with Crippen LogP contribution in [0.2, 0.25) is 0 Å². The summed E-state index contributed by atoms with van der Waals surface area (Å²) < 4.78 is 0. The molecule has 0 unspecified atom stereocenters. The first kappa shape index (κ1) is 19.0. The van der Waals surface area contributed by atoms with Crippen LogP contribution in [-0.2, 0) is 28.9 Å². The molecule has 29 heavy (non-hydrogen) atoms. The summed E-state index contributed by atoms with van der Waals surface area (Å²) in [6, 6.07) is 6.88. The van der Waals surface area contributed by atoms with Crippen molar-refractivity contribution in [2.45, 2.75) is 45.2 Å². The first-order valence-corrected chi connectivity index (χ1v) is 9.81. The van der Waals surface area contributed by atoms with E-state index in [1.165, 1.54) is 5.57 Å². The Morgan fingerprint density at radius 1 is 1.07 bits per heavy atom. The van der Waals surface area contributed by atoms with Gasteiger partial charge in [-0.25, -0.2) is 4.98 Å². The van der Waals surface area contributed by atoms with E-state index in [1.54, 1.807) is 12.5 Å². The van der Waals surface area contributed by atoms with Crippen molar-refractivity contribution in [1.29, 1.82) is 0 Å². The Labute approximate surface area is 169 Å². The third kappa shape index (κ3) is 4.08. The lowest BCUT2D eigenvalue weighted by Gasteiger charge is -2.29. The molecular formula is C22H25N5O2. The number of carbonyl (C=O) groups is 2. The summed E-state index contributed by atoms with van der Waals surface area (Å²) in [5.41, 5.74) is 5.24. The number of piperazine rings is 1. The number of benzene rings is 1. The van der Waals surface area contributed by atoms with Crippen molar-refractivity contribution >= 4 is 22.7 Å². The number of amides is 2. The second-order valence-electron chi connectivity index (χ2n) is 7.72. The van der Waals surface area contributed by atoms with E-state index in [-0.39, 0.29) is 11.8 Å². The molecule has 2 atom stereocenters. The van der Waals surface area contributed by atoms with Crippen LogP contribution in [0.25, 0.3) is 10.9 Å². The number of imidazole rings is 1. The molecule has 1 aliphatic heterocycles. The van der Waals surface area contributed by atoms with Crippen LogP contribution in [0.4, 0.5) is 0 Å². The van der Waals surface area contributed by atoms with Gasteiger partial charge in [0.2, 0.25) is 11.8 Å². The molecular weight excluding hydrogens is 366 g/mol. The quantitative estimate of drug-likeness (QED) is 0.484. The van der Waals surface area contributed by atoms with Gasteiger partial charge in [-0.2, -0.15) is 0 Å². The van der Waals surface area contributed by atoms with Gasteiger partial charge in [0, 0.05) is 47.8 Å². The third-order valence-corrected chi connectivity index (χ3v) is 5.27. The van der Waals surface area contributed by atoms with Crippen molar-refractivity contribution in [3.8, 4) is 0 Å². The lowest BCUT2D eigenvalue weighted by atomic mass is 9.97. The van der Waals surface area contributed by atoms with Gasteiger partial charge in [0.25, 0.3) is 0 Å². The van der Waals surface area contributed by atoms with Gasteiger partial charge >= 0.3 is 0 Å². The molecule has 0 saturated carbocycles. The number of fused-ring (bicyclic) bond motifs is 1. The molecule has 3 heterocycles. The molecule has 2 aromatic heterocycles. The predicted octanol–water partition coefficient (Wildman–Crippen LogP) is 2.17. The van der Waals surface area contributed by atoms with Crippen molar-refractivity contribution < 1.29 is 9.59 Å². The summed E-state index contributed by atoms with van der Waals surface area (Å²) in [6.07, 6.45) is 6.98. The summed E-state index contributed by atoms with van der Waals surface area (Å²) in [5.74, 6) is -0.331. The predicted molar refractivity (Wildman–Crippen MR) is 111 cm³/mol. The maximum absolute atomic E-state index is 12.7. The molecule has 0 radical (unpaired) electrons. The molecule has 7 nitrogen and oxygen atoms in total. The van der Waals surface area contributed by atoms with E-state index in [1.807, 2.05) is 18.2 Å². The summed E-state index contributed by atoms with van der Waals surface area (Å²) in [5, 5.41) is 6.86. The fourth-order valence-corrected chi connectivity index (χ4v) is 3.75. The Kier molecular flexibility index (Phi) is 5.20. The van der Waals surface area contributed by atoms with Crippen LogP contribution in [0, 0.1) is 0 Å².